The molecule has 2 heteroatoms. The second kappa shape index (κ2) is 5.69. The number of aliphatic hydroxyl groups excluding tert-OH is 1. The van der Waals surface area contributed by atoms with Crippen molar-refractivity contribution in [3.05, 3.63) is 65.2 Å². The Labute approximate surface area is 108 Å². The number of hydrogen-bond acceptors (Lipinski definition) is 2. The Kier molecular flexibility index (Phi) is 4.00. The lowest BCUT2D eigenvalue weighted by molar-refractivity contribution is 0.276. The van der Waals surface area contributed by atoms with Gasteiger partial charge in [0.1, 0.15) is 0 Å². The van der Waals surface area contributed by atoms with Crippen LogP contribution in [0, 0.1) is 13.8 Å². The van der Waals surface area contributed by atoms with Crippen LogP contribution in [0.15, 0.2) is 48.5 Å². The monoisotopic (exact) mass is 241 g/mol. The zero-order chi connectivity index (χ0) is 13.0. The van der Waals surface area contributed by atoms with Crippen molar-refractivity contribution in [2.45, 2.75) is 19.9 Å². The number of aryl methyl sites for hydroxylation is 2. The molecule has 0 aromatic heterocycles. The highest BCUT2D eigenvalue weighted by Gasteiger charge is 2.10. The van der Waals surface area contributed by atoms with Gasteiger partial charge >= 0.3 is 0 Å². The first-order chi connectivity index (χ1) is 8.70. The van der Waals surface area contributed by atoms with Gasteiger partial charge in [-0.05, 0) is 31.0 Å². The van der Waals surface area contributed by atoms with Gasteiger partial charge in [-0.1, -0.05) is 48.0 Å². The quantitative estimate of drug-likeness (QED) is 0.859. The van der Waals surface area contributed by atoms with Crippen molar-refractivity contribution < 1.29 is 5.11 Å². The zero-order valence-electron chi connectivity index (χ0n) is 10.9. The molecule has 2 aromatic carbocycles. The average Bonchev–Trinajstić information content (AvgIpc) is 2.38. The van der Waals surface area contributed by atoms with Gasteiger partial charge in [-0.25, -0.2) is 0 Å². The molecular formula is C16H19NO. The molecular weight excluding hydrogens is 222 g/mol. The van der Waals surface area contributed by atoms with Crippen LogP contribution in [0.5, 0.6) is 0 Å². The van der Waals surface area contributed by atoms with E-state index in [1.807, 2.05) is 30.3 Å². The normalized spacial score (nSPS) is 12.2. The Morgan fingerprint density at radius 2 is 1.83 bits per heavy atom. The fourth-order valence-corrected chi connectivity index (χ4v) is 2.04. The Morgan fingerprint density at radius 3 is 2.50 bits per heavy atom. The summed E-state index contributed by atoms with van der Waals surface area (Å²) >= 11 is 0. The fourth-order valence-electron chi connectivity index (χ4n) is 2.04. The minimum absolute atomic E-state index is 0.0639. The minimum Gasteiger partial charge on any atom is -0.394 e. The number of nitrogens with one attached hydrogen (secondary N) is 1. The lowest BCUT2D eigenvalue weighted by atomic mass is 10.0. The second-order valence-corrected chi connectivity index (χ2v) is 4.61. The van der Waals surface area contributed by atoms with Crippen LogP contribution in [0.25, 0.3) is 0 Å². The highest BCUT2D eigenvalue weighted by molar-refractivity contribution is 5.52. The molecule has 1 atom stereocenters. The molecule has 0 aliphatic rings. The summed E-state index contributed by atoms with van der Waals surface area (Å²) in [5.41, 5.74) is 4.57. The smallest absolute Gasteiger partial charge is 0.0745 e. The van der Waals surface area contributed by atoms with Crippen molar-refractivity contribution in [1.82, 2.24) is 0 Å². The lowest BCUT2D eigenvalue weighted by Gasteiger charge is -2.19. The maximum Gasteiger partial charge on any atom is 0.0745 e. The summed E-state index contributed by atoms with van der Waals surface area (Å²) in [6, 6.07) is 16.3. The molecule has 18 heavy (non-hydrogen) atoms. The van der Waals surface area contributed by atoms with Gasteiger partial charge in [-0.15, -0.1) is 0 Å². The van der Waals surface area contributed by atoms with Gasteiger partial charge in [0.15, 0.2) is 0 Å². The standard InChI is InChI=1S/C16H19NO/c1-12-6-5-8-14(10-12)16(11-18)17-15-9-4-3-7-13(15)2/h3-10,16-18H,11H2,1-2H3. The lowest BCUT2D eigenvalue weighted by Crippen LogP contribution is -2.15. The number of anilines is 1. The molecule has 2 nitrogen and oxygen atoms in total. The van der Waals surface area contributed by atoms with Crippen LogP contribution in [-0.4, -0.2) is 11.7 Å². The van der Waals surface area contributed by atoms with E-state index in [9.17, 15) is 5.11 Å². The third kappa shape index (κ3) is 2.90. The molecule has 2 N–H and O–H groups in total. The fraction of sp³-hybridized carbons (Fsp3) is 0.250. The molecule has 0 bridgehead atoms. The molecule has 0 heterocycles. The van der Waals surface area contributed by atoms with Crippen molar-refractivity contribution in [2.75, 3.05) is 11.9 Å². The third-order valence-electron chi connectivity index (χ3n) is 3.10. The first-order valence-corrected chi connectivity index (χ1v) is 6.20. The van der Waals surface area contributed by atoms with Crippen LogP contribution in [0.1, 0.15) is 22.7 Å². The summed E-state index contributed by atoms with van der Waals surface area (Å²) in [6.45, 7) is 4.20. The molecule has 0 saturated heterocycles. The van der Waals surface area contributed by atoms with Gasteiger partial charge in [-0.3, -0.25) is 0 Å². The number of rotatable bonds is 4. The van der Waals surface area contributed by atoms with Crippen LogP contribution >= 0.6 is 0 Å². The summed E-state index contributed by atoms with van der Waals surface area (Å²) < 4.78 is 0. The van der Waals surface area contributed by atoms with Crippen LogP contribution in [0.3, 0.4) is 0 Å². The number of aliphatic hydroxyl groups is 1. The largest absolute Gasteiger partial charge is 0.394 e. The van der Waals surface area contributed by atoms with E-state index in [1.165, 1.54) is 11.1 Å². The van der Waals surface area contributed by atoms with E-state index < -0.39 is 0 Å². The van der Waals surface area contributed by atoms with Gasteiger partial charge in [0.25, 0.3) is 0 Å². The van der Waals surface area contributed by atoms with Gasteiger partial charge in [-0.2, -0.15) is 0 Å². The van der Waals surface area contributed by atoms with Gasteiger partial charge in [0.05, 0.1) is 12.6 Å². The van der Waals surface area contributed by atoms with E-state index in [0.717, 1.165) is 11.3 Å². The van der Waals surface area contributed by atoms with E-state index in [1.54, 1.807) is 0 Å². The van der Waals surface area contributed by atoms with Crippen LogP contribution in [0.4, 0.5) is 5.69 Å². The Morgan fingerprint density at radius 1 is 1.06 bits per heavy atom. The first-order valence-electron chi connectivity index (χ1n) is 6.20. The highest BCUT2D eigenvalue weighted by atomic mass is 16.3. The van der Waals surface area contributed by atoms with Gasteiger partial charge in [0.2, 0.25) is 0 Å². The molecule has 0 radical (unpaired) electrons. The van der Waals surface area contributed by atoms with Crippen molar-refractivity contribution in [3.8, 4) is 0 Å². The van der Waals surface area contributed by atoms with Crippen LogP contribution < -0.4 is 5.32 Å². The predicted octanol–water partition coefficient (Wildman–Crippen LogP) is 3.45. The summed E-state index contributed by atoms with van der Waals surface area (Å²) in [5, 5.41) is 13.0. The SMILES string of the molecule is Cc1cccc(C(CO)Nc2ccccc2C)c1. The molecule has 0 fully saturated rings. The molecule has 1 unspecified atom stereocenters. The van der Waals surface area contributed by atoms with E-state index in [0.29, 0.717) is 0 Å². The summed E-state index contributed by atoms with van der Waals surface area (Å²) in [6.07, 6.45) is 0. The first kappa shape index (κ1) is 12.7. The molecule has 2 aromatic rings. The molecule has 94 valence electrons. The van der Waals surface area contributed by atoms with Gasteiger partial charge in [0, 0.05) is 5.69 Å². The van der Waals surface area contributed by atoms with Crippen molar-refractivity contribution in [2.24, 2.45) is 0 Å². The number of para-hydroxylation sites is 1. The molecule has 0 aliphatic heterocycles. The summed E-state index contributed by atoms with van der Waals surface area (Å²) in [5.74, 6) is 0. The Balaban J connectivity index is 2.23. The van der Waals surface area contributed by atoms with E-state index in [4.69, 9.17) is 0 Å². The van der Waals surface area contributed by atoms with Gasteiger partial charge < -0.3 is 10.4 Å². The highest BCUT2D eigenvalue weighted by Crippen LogP contribution is 2.22. The molecule has 2 rings (SSSR count). The second-order valence-electron chi connectivity index (χ2n) is 4.61. The van der Waals surface area contributed by atoms with E-state index in [-0.39, 0.29) is 12.6 Å². The maximum atomic E-state index is 9.56. The molecule has 0 amide bonds. The number of hydrogen-bond donors (Lipinski definition) is 2. The molecule has 0 spiro atoms. The summed E-state index contributed by atoms with van der Waals surface area (Å²) in [7, 11) is 0. The zero-order valence-corrected chi connectivity index (χ0v) is 10.9. The average molecular weight is 241 g/mol. The van der Waals surface area contributed by atoms with Crippen molar-refractivity contribution >= 4 is 5.69 Å². The maximum absolute atomic E-state index is 9.56. The Bertz CT molecular complexity index is 522. The van der Waals surface area contributed by atoms with Crippen LogP contribution in [0.2, 0.25) is 0 Å². The van der Waals surface area contributed by atoms with E-state index in [2.05, 4.69) is 37.4 Å². The predicted molar refractivity (Wildman–Crippen MR) is 75.8 cm³/mol. The summed E-state index contributed by atoms with van der Waals surface area (Å²) in [4.78, 5) is 0. The van der Waals surface area contributed by atoms with E-state index >= 15 is 0 Å². The molecule has 0 saturated carbocycles. The molecule has 0 aliphatic carbocycles. The van der Waals surface area contributed by atoms with Crippen molar-refractivity contribution in [1.29, 1.82) is 0 Å². The Hall–Kier alpha value is -1.80. The minimum atomic E-state index is -0.0639. The van der Waals surface area contributed by atoms with Crippen LogP contribution in [-0.2, 0) is 0 Å². The van der Waals surface area contributed by atoms with Crippen molar-refractivity contribution in [3.63, 3.8) is 0 Å². The topological polar surface area (TPSA) is 32.3 Å². The third-order valence-corrected chi connectivity index (χ3v) is 3.10. The number of benzene rings is 2.